The van der Waals surface area contributed by atoms with Gasteiger partial charge in [0.05, 0.1) is 0 Å². The summed E-state index contributed by atoms with van der Waals surface area (Å²) in [6, 6.07) is 0.174. The molecule has 1 aromatic rings. The second-order valence-electron chi connectivity index (χ2n) is 3.84. The number of nitrogens with zero attached hydrogens (tertiary/aromatic N) is 1. The predicted octanol–water partition coefficient (Wildman–Crippen LogP) is 1.84. The van der Waals surface area contributed by atoms with Crippen LogP contribution in [-0.2, 0) is 0 Å². The van der Waals surface area contributed by atoms with Gasteiger partial charge < -0.3 is 10.7 Å². The molecule has 1 rings (SSSR count). The van der Waals surface area contributed by atoms with E-state index in [2.05, 4.69) is 9.97 Å². The van der Waals surface area contributed by atoms with Crippen LogP contribution >= 0.6 is 11.8 Å². The second kappa shape index (κ2) is 5.75. The molecule has 0 saturated heterocycles. The molecule has 0 amide bonds. The van der Waals surface area contributed by atoms with Crippen LogP contribution in [0.4, 0.5) is 13.2 Å². The van der Waals surface area contributed by atoms with Crippen molar-refractivity contribution in [3.8, 4) is 0 Å². The molecule has 1 heterocycles. The van der Waals surface area contributed by atoms with E-state index in [1.807, 2.05) is 0 Å². The predicted molar refractivity (Wildman–Crippen MR) is 63.6 cm³/mol. The number of rotatable bonds is 4. The first-order chi connectivity index (χ1) is 8.24. The van der Waals surface area contributed by atoms with Crippen LogP contribution in [0.1, 0.15) is 19.0 Å². The Kier molecular flexibility index (Phi) is 4.80. The molecular formula is C10H14F3N3OS. The van der Waals surface area contributed by atoms with Gasteiger partial charge in [-0.05, 0) is 13.3 Å². The number of aromatic nitrogens is 2. The lowest BCUT2D eigenvalue weighted by Crippen LogP contribution is -2.42. The molecule has 4 nitrogen and oxygen atoms in total. The Balaban J connectivity index is 3.00. The van der Waals surface area contributed by atoms with Crippen molar-refractivity contribution < 1.29 is 13.2 Å². The highest BCUT2D eigenvalue weighted by Crippen LogP contribution is 2.35. The molecule has 0 radical (unpaired) electrons. The summed E-state index contributed by atoms with van der Waals surface area (Å²) in [5, 5.41) is -1.85. The molecule has 3 N–H and O–H groups in total. The van der Waals surface area contributed by atoms with Gasteiger partial charge in [0.25, 0.3) is 5.56 Å². The van der Waals surface area contributed by atoms with Crippen molar-refractivity contribution in [3.05, 3.63) is 22.1 Å². The molecule has 0 aliphatic heterocycles. The molecule has 0 fully saturated rings. The van der Waals surface area contributed by atoms with Crippen LogP contribution in [0, 0.1) is 6.92 Å². The molecule has 18 heavy (non-hydrogen) atoms. The van der Waals surface area contributed by atoms with E-state index in [4.69, 9.17) is 5.73 Å². The highest BCUT2D eigenvalue weighted by Gasteiger charge is 2.44. The SMILES string of the molecule is CCC(N)C(Sc1nc(C)cc(=O)[nH]1)C(F)(F)F. The van der Waals surface area contributed by atoms with Crippen molar-refractivity contribution in [2.45, 2.75) is 42.9 Å². The van der Waals surface area contributed by atoms with E-state index >= 15 is 0 Å². The first-order valence-electron chi connectivity index (χ1n) is 5.31. The van der Waals surface area contributed by atoms with Gasteiger partial charge in [-0.2, -0.15) is 13.2 Å². The maximum atomic E-state index is 12.8. The van der Waals surface area contributed by atoms with E-state index in [0.29, 0.717) is 17.5 Å². The van der Waals surface area contributed by atoms with E-state index in [1.165, 1.54) is 6.07 Å². The van der Waals surface area contributed by atoms with Gasteiger partial charge in [-0.25, -0.2) is 4.98 Å². The molecule has 2 atom stereocenters. The lowest BCUT2D eigenvalue weighted by Gasteiger charge is -2.24. The summed E-state index contributed by atoms with van der Waals surface area (Å²) in [5.74, 6) is 0. The van der Waals surface area contributed by atoms with Crippen molar-refractivity contribution in [2.75, 3.05) is 0 Å². The zero-order valence-electron chi connectivity index (χ0n) is 9.91. The number of hydrogen-bond acceptors (Lipinski definition) is 4. The summed E-state index contributed by atoms with van der Waals surface area (Å²) < 4.78 is 38.5. The fourth-order valence-electron chi connectivity index (χ4n) is 1.34. The van der Waals surface area contributed by atoms with Crippen LogP contribution in [0.3, 0.4) is 0 Å². The molecule has 0 spiro atoms. The Morgan fingerprint density at radius 2 is 2.17 bits per heavy atom. The van der Waals surface area contributed by atoms with Crippen molar-refractivity contribution in [2.24, 2.45) is 5.73 Å². The molecule has 0 aliphatic rings. The Bertz CT molecular complexity index is 460. The fourth-order valence-corrected chi connectivity index (χ4v) is 2.44. The average molecular weight is 281 g/mol. The zero-order valence-corrected chi connectivity index (χ0v) is 10.7. The van der Waals surface area contributed by atoms with Gasteiger partial charge in [-0.3, -0.25) is 4.79 Å². The standard InChI is InChI=1S/C10H14F3N3OS/c1-3-6(14)8(10(11,12)13)18-9-15-5(2)4-7(17)16-9/h4,6,8H,3,14H2,1-2H3,(H,15,16,17). The minimum Gasteiger partial charge on any atom is -0.326 e. The van der Waals surface area contributed by atoms with Crippen LogP contribution in [0.15, 0.2) is 16.0 Å². The number of halogens is 3. The minimum atomic E-state index is -4.44. The third-order valence-electron chi connectivity index (χ3n) is 2.27. The molecule has 0 bridgehead atoms. The Morgan fingerprint density at radius 1 is 1.56 bits per heavy atom. The van der Waals surface area contributed by atoms with Gasteiger partial charge in [0.2, 0.25) is 0 Å². The number of nitrogens with two attached hydrogens (primary N) is 1. The molecule has 102 valence electrons. The first kappa shape index (κ1) is 15.0. The summed E-state index contributed by atoms with van der Waals surface area (Å²) in [4.78, 5) is 17.3. The summed E-state index contributed by atoms with van der Waals surface area (Å²) in [7, 11) is 0. The van der Waals surface area contributed by atoms with Gasteiger partial charge in [-0.1, -0.05) is 18.7 Å². The lowest BCUT2D eigenvalue weighted by atomic mass is 10.1. The van der Waals surface area contributed by atoms with Crippen LogP contribution in [0.25, 0.3) is 0 Å². The van der Waals surface area contributed by atoms with E-state index in [9.17, 15) is 18.0 Å². The Morgan fingerprint density at radius 3 is 2.61 bits per heavy atom. The zero-order chi connectivity index (χ0) is 13.9. The summed E-state index contributed by atoms with van der Waals surface area (Å²) >= 11 is 0.440. The number of hydrogen-bond donors (Lipinski definition) is 2. The van der Waals surface area contributed by atoms with Gasteiger partial charge >= 0.3 is 6.18 Å². The highest BCUT2D eigenvalue weighted by atomic mass is 32.2. The quantitative estimate of drug-likeness (QED) is 0.652. The minimum absolute atomic E-state index is 0.0637. The van der Waals surface area contributed by atoms with Crippen molar-refractivity contribution >= 4 is 11.8 Å². The number of H-pyrrole nitrogens is 1. The van der Waals surface area contributed by atoms with Crippen molar-refractivity contribution in [1.29, 1.82) is 0 Å². The second-order valence-corrected chi connectivity index (χ2v) is 4.97. The third-order valence-corrected chi connectivity index (χ3v) is 3.56. The van der Waals surface area contributed by atoms with Crippen molar-refractivity contribution in [1.82, 2.24) is 9.97 Å². The first-order valence-corrected chi connectivity index (χ1v) is 6.19. The van der Waals surface area contributed by atoms with Gasteiger partial charge in [-0.15, -0.1) is 0 Å². The summed E-state index contributed by atoms with van der Waals surface area (Å²) in [5.41, 5.74) is 5.36. The normalized spacial score (nSPS) is 15.4. The van der Waals surface area contributed by atoms with Crippen LogP contribution in [-0.4, -0.2) is 27.4 Å². The van der Waals surface area contributed by atoms with E-state index in [-0.39, 0.29) is 11.6 Å². The smallest absolute Gasteiger partial charge is 0.326 e. The molecular weight excluding hydrogens is 267 g/mol. The highest BCUT2D eigenvalue weighted by molar-refractivity contribution is 7.99. The third kappa shape index (κ3) is 4.02. The monoisotopic (exact) mass is 281 g/mol. The fraction of sp³-hybridized carbons (Fsp3) is 0.600. The molecule has 8 heteroatoms. The number of nitrogens with one attached hydrogen (secondary N) is 1. The van der Waals surface area contributed by atoms with Crippen LogP contribution < -0.4 is 11.3 Å². The van der Waals surface area contributed by atoms with E-state index in [0.717, 1.165) is 0 Å². The van der Waals surface area contributed by atoms with Crippen LogP contribution in [0.2, 0.25) is 0 Å². The molecule has 0 aromatic carbocycles. The summed E-state index contributed by atoms with van der Waals surface area (Å²) in [6.45, 7) is 3.12. The van der Waals surface area contributed by atoms with Gasteiger partial charge in [0.15, 0.2) is 5.16 Å². The molecule has 0 aliphatic carbocycles. The Labute approximate surface area is 106 Å². The van der Waals surface area contributed by atoms with E-state index in [1.54, 1.807) is 13.8 Å². The average Bonchev–Trinajstić information content (AvgIpc) is 2.22. The largest absolute Gasteiger partial charge is 0.402 e. The number of aryl methyl sites for hydroxylation is 1. The summed E-state index contributed by atoms with van der Waals surface area (Å²) in [6.07, 6.45) is -4.25. The molecule has 1 aromatic heterocycles. The molecule has 2 unspecified atom stereocenters. The number of thioether (sulfide) groups is 1. The van der Waals surface area contributed by atoms with Crippen LogP contribution in [0.5, 0.6) is 0 Å². The van der Waals surface area contributed by atoms with E-state index < -0.39 is 23.0 Å². The van der Waals surface area contributed by atoms with Gasteiger partial charge in [0.1, 0.15) is 5.25 Å². The lowest BCUT2D eigenvalue weighted by molar-refractivity contribution is -0.132. The number of aromatic amines is 1. The number of alkyl halides is 3. The maximum absolute atomic E-state index is 12.8. The molecule has 0 saturated carbocycles. The topological polar surface area (TPSA) is 71.8 Å². The maximum Gasteiger partial charge on any atom is 0.402 e. The van der Waals surface area contributed by atoms with Gasteiger partial charge in [0, 0.05) is 17.8 Å². The Hall–Kier alpha value is -1.02. The van der Waals surface area contributed by atoms with Crippen molar-refractivity contribution in [3.63, 3.8) is 0 Å².